The summed E-state index contributed by atoms with van der Waals surface area (Å²) < 4.78 is 15.6. The molecule has 1 amide bonds. The summed E-state index contributed by atoms with van der Waals surface area (Å²) in [7, 11) is 0. The molecule has 1 fully saturated rings. The van der Waals surface area contributed by atoms with Gasteiger partial charge in [0.05, 0.1) is 11.7 Å². The van der Waals surface area contributed by atoms with Crippen molar-refractivity contribution in [1.29, 1.82) is 0 Å². The van der Waals surface area contributed by atoms with Crippen LogP contribution in [0.1, 0.15) is 30.4 Å². The number of hydrogen-bond donors (Lipinski definition) is 0. The van der Waals surface area contributed by atoms with Crippen LogP contribution >= 0.6 is 11.3 Å². The molecule has 1 aliphatic carbocycles. The number of nitrogens with zero attached hydrogens (tertiary/aromatic N) is 3. The van der Waals surface area contributed by atoms with Crippen molar-refractivity contribution in [2.24, 2.45) is 0 Å². The molecule has 5 nitrogen and oxygen atoms in total. The van der Waals surface area contributed by atoms with Crippen molar-refractivity contribution in [3.8, 4) is 11.1 Å². The number of carbonyl (C=O) groups excluding carboxylic acids is 1. The van der Waals surface area contributed by atoms with E-state index in [0.717, 1.165) is 29.5 Å². The number of hydrogen-bond acceptors (Lipinski definition) is 4. The molecule has 1 aliphatic rings. The van der Waals surface area contributed by atoms with Gasteiger partial charge in [0.25, 0.3) is 5.56 Å². The summed E-state index contributed by atoms with van der Waals surface area (Å²) in [5.74, 6) is -0.375. The number of benzene rings is 2. The first kappa shape index (κ1) is 21.5. The first-order valence-electron chi connectivity index (χ1n) is 11.1. The smallest absolute Gasteiger partial charge is 0.262 e. The van der Waals surface area contributed by atoms with E-state index in [-0.39, 0.29) is 42.8 Å². The maximum absolute atomic E-state index is 14.1. The highest BCUT2D eigenvalue weighted by Gasteiger charge is 2.32. The van der Waals surface area contributed by atoms with Gasteiger partial charge in [-0.1, -0.05) is 48.0 Å². The summed E-state index contributed by atoms with van der Waals surface area (Å²) in [6.45, 7) is 2.52. The molecule has 2 heterocycles. The molecule has 5 rings (SSSR count). The molecule has 0 aliphatic heterocycles. The van der Waals surface area contributed by atoms with Crippen molar-refractivity contribution < 1.29 is 9.18 Å². The van der Waals surface area contributed by atoms with E-state index in [0.29, 0.717) is 15.8 Å². The number of thiophene rings is 1. The average Bonchev–Trinajstić information content (AvgIpc) is 3.56. The molecule has 168 valence electrons. The maximum atomic E-state index is 14.1. The molecule has 0 saturated heterocycles. The van der Waals surface area contributed by atoms with E-state index >= 15 is 0 Å². The molecule has 0 N–H and O–H groups in total. The SMILES string of the molecule is Cc1ccc(-c2csc3ncn(CCC(=O)N(Cc4ccccc4F)C4CC4)c(=O)c23)cc1. The van der Waals surface area contributed by atoms with E-state index in [1.54, 1.807) is 23.1 Å². The zero-order chi connectivity index (χ0) is 22.9. The molecule has 2 aromatic carbocycles. The van der Waals surface area contributed by atoms with Crippen LogP contribution in [-0.2, 0) is 17.9 Å². The molecular weight excluding hydrogens is 437 g/mol. The van der Waals surface area contributed by atoms with Crippen LogP contribution in [0.3, 0.4) is 0 Å². The Balaban J connectivity index is 1.36. The number of rotatable bonds is 7. The fourth-order valence-electron chi connectivity index (χ4n) is 4.05. The minimum absolute atomic E-state index is 0.0724. The molecule has 4 aromatic rings. The molecule has 1 saturated carbocycles. The van der Waals surface area contributed by atoms with E-state index in [2.05, 4.69) is 4.98 Å². The lowest BCUT2D eigenvalue weighted by atomic mass is 10.1. The fraction of sp³-hybridized carbons (Fsp3) is 0.269. The van der Waals surface area contributed by atoms with Gasteiger partial charge >= 0.3 is 0 Å². The van der Waals surface area contributed by atoms with E-state index in [1.807, 2.05) is 36.6 Å². The summed E-state index contributed by atoms with van der Waals surface area (Å²) in [6.07, 6.45) is 3.55. The first-order chi connectivity index (χ1) is 16.0. The zero-order valence-corrected chi connectivity index (χ0v) is 19.1. The number of fused-ring (bicyclic) bond motifs is 1. The second kappa shape index (κ2) is 8.90. The van der Waals surface area contributed by atoms with Crippen molar-refractivity contribution in [2.75, 3.05) is 0 Å². The third-order valence-electron chi connectivity index (χ3n) is 6.10. The first-order valence-corrected chi connectivity index (χ1v) is 12.0. The topological polar surface area (TPSA) is 55.2 Å². The van der Waals surface area contributed by atoms with Gasteiger partial charge in [0.2, 0.25) is 5.91 Å². The van der Waals surface area contributed by atoms with Gasteiger partial charge in [-0.05, 0) is 31.4 Å². The van der Waals surface area contributed by atoms with Gasteiger partial charge < -0.3 is 4.90 Å². The standard InChI is InChI=1S/C26H24FN3O2S/c1-17-6-8-18(9-7-17)21-15-33-25-24(21)26(32)29(16-28-25)13-12-23(31)30(20-10-11-20)14-19-4-2-3-5-22(19)27/h2-9,15-16,20H,10-14H2,1H3. The number of halogens is 1. The fourth-order valence-corrected chi connectivity index (χ4v) is 4.96. The maximum Gasteiger partial charge on any atom is 0.262 e. The normalized spacial score (nSPS) is 13.4. The summed E-state index contributed by atoms with van der Waals surface area (Å²) in [5.41, 5.74) is 3.37. The number of amides is 1. The summed E-state index contributed by atoms with van der Waals surface area (Å²) in [4.78, 5) is 33.2. The molecule has 0 unspecified atom stereocenters. The Labute approximate surface area is 195 Å². The highest BCUT2D eigenvalue weighted by atomic mass is 32.1. The Kier molecular flexibility index (Phi) is 5.81. The van der Waals surface area contributed by atoms with Crippen molar-refractivity contribution >= 4 is 27.5 Å². The van der Waals surface area contributed by atoms with Crippen LogP contribution in [0.5, 0.6) is 0 Å². The molecular formula is C26H24FN3O2S. The highest BCUT2D eigenvalue weighted by Crippen LogP contribution is 2.31. The highest BCUT2D eigenvalue weighted by molar-refractivity contribution is 7.17. The lowest BCUT2D eigenvalue weighted by Crippen LogP contribution is -2.34. The molecule has 0 radical (unpaired) electrons. The summed E-state index contributed by atoms with van der Waals surface area (Å²) in [5, 5.41) is 2.55. The predicted molar refractivity (Wildman–Crippen MR) is 129 cm³/mol. The van der Waals surface area contributed by atoms with Gasteiger partial charge in [-0.15, -0.1) is 11.3 Å². The van der Waals surface area contributed by atoms with Crippen molar-refractivity contribution in [3.63, 3.8) is 0 Å². The average molecular weight is 462 g/mol. The lowest BCUT2D eigenvalue weighted by molar-refractivity contribution is -0.132. The van der Waals surface area contributed by atoms with Crippen molar-refractivity contribution in [2.45, 2.75) is 45.3 Å². The minimum atomic E-state index is -0.303. The minimum Gasteiger partial charge on any atom is -0.335 e. The Bertz CT molecular complexity index is 1370. The Morgan fingerprint density at radius 2 is 1.94 bits per heavy atom. The van der Waals surface area contributed by atoms with Crippen LogP contribution in [0.2, 0.25) is 0 Å². The zero-order valence-electron chi connectivity index (χ0n) is 18.3. The second-order valence-electron chi connectivity index (χ2n) is 8.53. The monoisotopic (exact) mass is 461 g/mol. The molecule has 7 heteroatoms. The molecule has 0 spiro atoms. The largest absolute Gasteiger partial charge is 0.335 e. The molecule has 33 heavy (non-hydrogen) atoms. The number of aromatic nitrogens is 2. The third kappa shape index (κ3) is 4.46. The summed E-state index contributed by atoms with van der Waals surface area (Å²) in [6, 6.07) is 14.8. The van der Waals surface area contributed by atoms with Crippen LogP contribution < -0.4 is 5.56 Å². The van der Waals surface area contributed by atoms with Crippen molar-refractivity contribution in [1.82, 2.24) is 14.5 Å². The van der Waals surface area contributed by atoms with E-state index in [4.69, 9.17) is 0 Å². The van der Waals surface area contributed by atoms with Gasteiger partial charge in [0.1, 0.15) is 10.6 Å². The molecule has 0 atom stereocenters. The van der Waals surface area contributed by atoms with E-state index in [1.165, 1.54) is 28.3 Å². The van der Waals surface area contributed by atoms with Crippen LogP contribution in [0.15, 0.2) is 65.0 Å². The van der Waals surface area contributed by atoms with Crippen LogP contribution in [-0.4, -0.2) is 26.4 Å². The van der Waals surface area contributed by atoms with Gasteiger partial charge in [-0.3, -0.25) is 14.2 Å². The van der Waals surface area contributed by atoms with Crippen LogP contribution in [0.25, 0.3) is 21.3 Å². The summed E-state index contributed by atoms with van der Waals surface area (Å²) >= 11 is 1.44. The molecule has 0 bridgehead atoms. The van der Waals surface area contributed by atoms with Crippen LogP contribution in [0, 0.1) is 12.7 Å². The van der Waals surface area contributed by atoms with Crippen LogP contribution in [0.4, 0.5) is 4.39 Å². The van der Waals surface area contributed by atoms with Gasteiger partial charge in [0, 0.05) is 42.1 Å². The van der Waals surface area contributed by atoms with E-state index < -0.39 is 0 Å². The predicted octanol–water partition coefficient (Wildman–Crippen LogP) is 5.15. The third-order valence-corrected chi connectivity index (χ3v) is 6.98. The number of aryl methyl sites for hydroxylation is 2. The second-order valence-corrected chi connectivity index (χ2v) is 9.39. The quantitative estimate of drug-likeness (QED) is 0.382. The van der Waals surface area contributed by atoms with E-state index in [9.17, 15) is 14.0 Å². The van der Waals surface area contributed by atoms with Gasteiger partial charge in [-0.25, -0.2) is 9.37 Å². The van der Waals surface area contributed by atoms with Gasteiger partial charge in [0.15, 0.2) is 0 Å². The Morgan fingerprint density at radius 3 is 2.67 bits per heavy atom. The molecule has 2 aromatic heterocycles. The lowest BCUT2D eigenvalue weighted by Gasteiger charge is -2.23. The van der Waals surface area contributed by atoms with Crippen molar-refractivity contribution in [3.05, 3.63) is 87.5 Å². The Morgan fingerprint density at radius 1 is 1.18 bits per heavy atom. The number of carbonyl (C=O) groups is 1. The Hall–Kier alpha value is -3.32. The van der Waals surface area contributed by atoms with Gasteiger partial charge in [-0.2, -0.15) is 0 Å².